The van der Waals surface area contributed by atoms with Crippen molar-refractivity contribution >= 4 is 28.9 Å². The molecule has 5 N–H and O–H groups in total. The number of halogens is 1. The predicted octanol–water partition coefficient (Wildman–Crippen LogP) is 1.23. The molecule has 104 valence electrons. The molecule has 0 saturated carbocycles. The fraction of sp³-hybridized carbons (Fsp3) is 0.462. The summed E-state index contributed by atoms with van der Waals surface area (Å²) >= 11 is 6.22. The molecule has 6 heteroatoms. The first-order valence-corrected chi connectivity index (χ1v) is 6.59. The molecular formula is C13H18ClN3O2. The van der Waals surface area contributed by atoms with Crippen molar-refractivity contribution in [1.82, 2.24) is 0 Å². The number of nitrogens with zero attached hydrogens (tertiary/aromatic N) is 1. The van der Waals surface area contributed by atoms with E-state index in [2.05, 4.69) is 6.92 Å². The number of nitrogens with two attached hydrogens (primary N) is 2. The van der Waals surface area contributed by atoms with Crippen molar-refractivity contribution in [2.75, 3.05) is 23.8 Å². The van der Waals surface area contributed by atoms with E-state index >= 15 is 0 Å². The van der Waals surface area contributed by atoms with Gasteiger partial charge in [-0.05, 0) is 24.5 Å². The minimum atomic E-state index is -0.569. The van der Waals surface area contributed by atoms with Crippen LogP contribution in [0.25, 0.3) is 0 Å². The summed E-state index contributed by atoms with van der Waals surface area (Å²) in [5, 5.41) is 9.91. The van der Waals surface area contributed by atoms with E-state index in [9.17, 15) is 9.90 Å². The van der Waals surface area contributed by atoms with Crippen LogP contribution in [0.4, 0.5) is 11.4 Å². The average molecular weight is 284 g/mol. The largest absolute Gasteiger partial charge is 0.399 e. The monoisotopic (exact) mass is 283 g/mol. The van der Waals surface area contributed by atoms with Crippen molar-refractivity contribution in [3.8, 4) is 0 Å². The number of nitrogen functional groups attached to an aromatic ring is 1. The number of carbonyl (C=O) groups is 1. The van der Waals surface area contributed by atoms with Crippen LogP contribution in [0.15, 0.2) is 12.1 Å². The second-order valence-electron chi connectivity index (χ2n) is 4.97. The summed E-state index contributed by atoms with van der Waals surface area (Å²) in [7, 11) is 0. The van der Waals surface area contributed by atoms with Crippen LogP contribution in [0.2, 0.25) is 5.02 Å². The molecule has 1 aliphatic rings. The minimum Gasteiger partial charge on any atom is -0.399 e. The predicted molar refractivity (Wildman–Crippen MR) is 76.4 cm³/mol. The van der Waals surface area contributed by atoms with Crippen molar-refractivity contribution in [3.63, 3.8) is 0 Å². The summed E-state index contributed by atoms with van der Waals surface area (Å²) in [6.45, 7) is 2.81. The van der Waals surface area contributed by atoms with Crippen LogP contribution >= 0.6 is 11.6 Å². The van der Waals surface area contributed by atoms with Gasteiger partial charge in [0.05, 0.1) is 28.9 Å². The summed E-state index contributed by atoms with van der Waals surface area (Å²) in [5.41, 5.74) is 12.4. The molecule has 1 aliphatic heterocycles. The molecule has 0 spiro atoms. The number of hydrogen-bond acceptors (Lipinski definition) is 4. The average Bonchev–Trinajstić information content (AvgIpc) is 2.69. The SMILES string of the molecule is CC1CCN(c2c(Cl)cc(N)cc2C(N)=O)C1CO. The maximum Gasteiger partial charge on any atom is 0.250 e. The Kier molecular flexibility index (Phi) is 3.87. The van der Waals surface area contributed by atoms with E-state index in [0.29, 0.717) is 27.9 Å². The second-order valence-corrected chi connectivity index (χ2v) is 5.38. The Morgan fingerprint density at radius 3 is 2.84 bits per heavy atom. The number of primary amides is 1. The quantitative estimate of drug-likeness (QED) is 0.728. The zero-order chi connectivity index (χ0) is 14.2. The first-order valence-electron chi connectivity index (χ1n) is 6.22. The lowest BCUT2D eigenvalue weighted by atomic mass is 10.0. The highest BCUT2D eigenvalue weighted by Gasteiger charge is 2.33. The summed E-state index contributed by atoms with van der Waals surface area (Å²) in [6, 6.07) is 3.07. The van der Waals surface area contributed by atoms with Gasteiger partial charge in [-0.15, -0.1) is 0 Å². The van der Waals surface area contributed by atoms with Gasteiger partial charge in [-0.2, -0.15) is 0 Å². The van der Waals surface area contributed by atoms with E-state index in [-0.39, 0.29) is 12.6 Å². The first-order chi connectivity index (χ1) is 8.95. The smallest absolute Gasteiger partial charge is 0.250 e. The van der Waals surface area contributed by atoms with E-state index in [1.807, 2.05) is 4.90 Å². The van der Waals surface area contributed by atoms with E-state index in [4.69, 9.17) is 23.1 Å². The highest BCUT2D eigenvalue weighted by atomic mass is 35.5. The minimum absolute atomic E-state index is 0.0140. The number of benzene rings is 1. The summed E-state index contributed by atoms with van der Waals surface area (Å²) in [6.07, 6.45) is 0.935. The number of amides is 1. The van der Waals surface area contributed by atoms with Gasteiger partial charge in [0.1, 0.15) is 0 Å². The van der Waals surface area contributed by atoms with Crippen molar-refractivity contribution in [3.05, 3.63) is 22.7 Å². The van der Waals surface area contributed by atoms with Gasteiger partial charge in [-0.1, -0.05) is 18.5 Å². The molecule has 1 heterocycles. The van der Waals surface area contributed by atoms with E-state index in [1.165, 1.54) is 6.07 Å². The molecule has 0 radical (unpaired) electrons. The molecule has 0 aliphatic carbocycles. The van der Waals surface area contributed by atoms with Crippen LogP contribution in [0.3, 0.4) is 0 Å². The third kappa shape index (κ3) is 2.48. The molecule has 1 aromatic rings. The molecule has 1 aromatic carbocycles. The van der Waals surface area contributed by atoms with Crippen LogP contribution in [-0.2, 0) is 0 Å². The summed E-state index contributed by atoms with van der Waals surface area (Å²) in [4.78, 5) is 13.5. The zero-order valence-corrected chi connectivity index (χ0v) is 11.5. The Balaban J connectivity index is 2.52. The van der Waals surface area contributed by atoms with Gasteiger partial charge in [-0.25, -0.2) is 0 Å². The van der Waals surface area contributed by atoms with Crippen molar-refractivity contribution in [2.24, 2.45) is 11.7 Å². The van der Waals surface area contributed by atoms with Gasteiger partial charge in [-0.3, -0.25) is 4.79 Å². The fourth-order valence-electron chi connectivity index (χ4n) is 2.66. The highest BCUT2D eigenvalue weighted by molar-refractivity contribution is 6.34. The van der Waals surface area contributed by atoms with Gasteiger partial charge in [0.2, 0.25) is 0 Å². The highest BCUT2D eigenvalue weighted by Crippen LogP contribution is 2.38. The maximum absolute atomic E-state index is 11.6. The first kappa shape index (κ1) is 14.0. The van der Waals surface area contributed by atoms with Crippen molar-refractivity contribution < 1.29 is 9.90 Å². The number of anilines is 2. The van der Waals surface area contributed by atoms with Gasteiger partial charge in [0.15, 0.2) is 0 Å². The normalized spacial score (nSPS) is 22.8. The lowest BCUT2D eigenvalue weighted by Gasteiger charge is -2.29. The Labute approximate surface area is 117 Å². The molecule has 2 unspecified atom stereocenters. The number of aliphatic hydroxyl groups is 1. The maximum atomic E-state index is 11.6. The Morgan fingerprint density at radius 2 is 2.26 bits per heavy atom. The molecular weight excluding hydrogens is 266 g/mol. The van der Waals surface area contributed by atoms with E-state index in [1.54, 1.807) is 6.07 Å². The Hall–Kier alpha value is -1.46. The molecule has 19 heavy (non-hydrogen) atoms. The standard InChI is InChI=1S/C13H18ClN3O2/c1-7-2-3-17(11(7)6-18)12-9(13(16)19)4-8(15)5-10(12)14/h4-5,7,11,18H,2-3,6,15H2,1H3,(H2,16,19). The van der Waals surface area contributed by atoms with Crippen LogP contribution in [0, 0.1) is 5.92 Å². The Bertz CT molecular complexity index is 507. The lowest BCUT2D eigenvalue weighted by Crippen LogP contribution is -2.36. The third-order valence-electron chi connectivity index (χ3n) is 3.71. The molecule has 0 bridgehead atoms. The van der Waals surface area contributed by atoms with Gasteiger partial charge >= 0.3 is 0 Å². The van der Waals surface area contributed by atoms with Gasteiger partial charge in [0.25, 0.3) is 5.91 Å². The number of carbonyl (C=O) groups excluding carboxylic acids is 1. The molecule has 1 amide bonds. The van der Waals surface area contributed by atoms with Crippen LogP contribution < -0.4 is 16.4 Å². The van der Waals surface area contributed by atoms with Crippen molar-refractivity contribution in [2.45, 2.75) is 19.4 Å². The number of hydrogen-bond donors (Lipinski definition) is 3. The lowest BCUT2D eigenvalue weighted by molar-refractivity contribution is 0.100. The van der Waals surface area contributed by atoms with E-state index < -0.39 is 5.91 Å². The van der Waals surface area contributed by atoms with Gasteiger partial charge < -0.3 is 21.5 Å². The Morgan fingerprint density at radius 1 is 1.58 bits per heavy atom. The molecule has 1 saturated heterocycles. The molecule has 0 aromatic heterocycles. The van der Waals surface area contributed by atoms with Crippen LogP contribution in [-0.4, -0.2) is 30.2 Å². The molecule has 5 nitrogen and oxygen atoms in total. The number of rotatable bonds is 3. The number of aliphatic hydroxyl groups excluding tert-OH is 1. The molecule has 2 atom stereocenters. The third-order valence-corrected chi connectivity index (χ3v) is 4.00. The van der Waals surface area contributed by atoms with E-state index in [0.717, 1.165) is 13.0 Å². The van der Waals surface area contributed by atoms with Crippen LogP contribution in [0.5, 0.6) is 0 Å². The fourth-order valence-corrected chi connectivity index (χ4v) is 3.00. The van der Waals surface area contributed by atoms with Gasteiger partial charge in [0, 0.05) is 12.2 Å². The summed E-state index contributed by atoms with van der Waals surface area (Å²) in [5.74, 6) is -0.236. The zero-order valence-electron chi connectivity index (χ0n) is 10.8. The summed E-state index contributed by atoms with van der Waals surface area (Å²) < 4.78 is 0. The molecule has 1 fully saturated rings. The molecule has 2 rings (SSSR count). The topological polar surface area (TPSA) is 92.6 Å². The van der Waals surface area contributed by atoms with Crippen LogP contribution in [0.1, 0.15) is 23.7 Å². The van der Waals surface area contributed by atoms with Crippen molar-refractivity contribution in [1.29, 1.82) is 0 Å². The second kappa shape index (κ2) is 5.27.